The van der Waals surface area contributed by atoms with Crippen molar-refractivity contribution < 1.29 is 4.24 Å². The summed E-state index contributed by atoms with van der Waals surface area (Å²) in [5.74, 6) is 0. The molecule has 30 heavy (non-hydrogen) atoms. The molecule has 1 aliphatic heterocycles. The van der Waals surface area contributed by atoms with Crippen LogP contribution in [-0.4, -0.2) is 0 Å². The molecule has 2 nitrogen and oxygen atoms in total. The van der Waals surface area contributed by atoms with Gasteiger partial charge >= 0.3 is 0 Å². The number of thiophene rings is 1. The number of hydrogen-bond donors (Lipinski definition) is 0. The van der Waals surface area contributed by atoms with Crippen molar-refractivity contribution in [2.24, 2.45) is 0 Å². The van der Waals surface area contributed by atoms with Gasteiger partial charge in [0.05, 0.1) is 0 Å². The number of benzene rings is 2. The number of nitrogens with zero attached hydrogens (tertiary/aromatic N) is 2. The van der Waals surface area contributed by atoms with Gasteiger partial charge in [0.25, 0.3) is 0 Å². The van der Waals surface area contributed by atoms with Gasteiger partial charge in [0.1, 0.15) is 6.72 Å². The van der Waals surface area contributed by atoms with Crippen LogP contribution in [0.25, 0.3) is 39.1 Å². The van der Waals surface area contributed by atoms with E-state index in [-0.39, 0.29) is 5.41 Å². The Hall–Kier alpha value is -3.17. The fourth-order valence-corrected chi connectivity index (χ4v) is 4.91. The van der Waals surface area contributed by atoms with Gasteiger partial charge in [-0.05, 0) is 56.1 Å². The largest absolute Gasteiger partial charge is 0.663 e. The normalized spacial score (nSPS) is 15.2. The zero-order valence-corrected chi connectivity index (χ0v) is 18.3. The second-order valence-corrected chi connectivity index (χ2v) is 9.71. The highest BCUT2D eigenvalue weighted by molar-refractivity contribution is 7.11. The fourth-order valence-electron chi connectivity index (χ4n) is 4.13. The van der Waals surface area contributed by atoms with Gasteiger partial charge in [0, 0.05) is 22.6 Å². The Morgan fingerprint density at radius 3 is 2.67 bits per heavy atom. The summed E-state index contributed by atoms with van der Waals surface area (Å²) in [4.78, 5) is 1.26. The van der Waals surface area contributed by atoms with Gasteiger partial charge in [0.2, 0.25) is 5.69 Å². The van der Waals surface area contributed by atoms with Crippen molar-refractivity contribution in [2.75, 3.05) is 0 Å². The average molecular weight is 409 g/mol. The highest BCUT2D eigenvalue weighted by Gasteiger charge is 2.20. The molecule has 3 heterocycles. The Labute approximate surface area is 181 Å². The minimum Gasteiger partial charge on any atom is -0.663 e. The lowest BCUT2D eigenvalue weighted by Gasteiger charge is -2.25. The SMILES string of the molecule is C=[n+]1ccc(=C2[N-]C=Cc3sccc32)cc1-c1cc(C(C)(C)C)c2ccccc2c1. The van der Waals surface area contributed by atoms with Crippen molar-refractivity contribution in [1.29, 1.82) is 0 Å². The molecule has 4 aromatic rings. The molecule has 1 aliphatic rings. The first-order chi connectivity index (χ1) is 14.4. The van der Waals surface area contributed by atoms with Crippen LogP contribution >= 0.6 is 11.3 Å². The molecule has 0 fully saturated rings. The summed E-state index contributed by atoms with van der Waals surface area (Å²) in [6.45, 7) is 11.1. The summed E-state index contributed by atoms with van der Waals surface area (Å²) in [5.41, 5.74) is 5.87. The summed E-state index contributed by atoms with van der Waals surface area (Å²) in [5, 5.41) is 10.5. The van der Waals surface area contributed by atoms with Crippen LogP contribution in [0, 0.1) is 6.72 Å². The summed E-state index contributed by atoms with van der Waals surface area (Å²) in [6, 6.07) is 19.7. The van der Waals surface area contributed by atoms with Crippen LogP contribution in [0.2, 0.25) is 0 Å². The van der Waals surface area contributed by atoms with Crippen molar-refractivity contribution in [3.05, 3.63) is 106 Å². The molecular weight excluding hydrogens is 384 g/mol. The molecule has 148 valence electrons. The monoisotopic (exact) mass is 408 g/mol. The number of rotatable bonds is 1. The molecule has 0 amide bonds. The Bertz CT molecular complexity index is 1420. The van der Waals surface area contributed by atoms with E-state index in [4.69, 9.17) is 5.32 Å². The molecule has 2 aromatic heterocycles. The fraction of sp³-hybridized carbons (Fsp3) is 0.148. The summed E-state index contributed by atoms with van der Waals surface area (Å²) >= 11 is 1.75. The molecule has 0 unspecified atom stereocenters. The lowest BCUT2D eigenvalue weighted by molar-refractivity contribution is -0.486. The predicted molar refractivity (Wildman–Crippen MR) is 128 cm³/mol. The summed E-state index contributed by atoms with van der Waals surface area (Å²) in [6.07, 6.45) is 6.00. The maximum atomic E-state index is 4.70. The molecule has 0 radical (unpaired) electrons. The quantitative estimate of drug-likeness (QED) is 0.329. The molecule has 5 rings (SSSR count). The second-order valence-electron chi connectivity index (χ2n) is 8.76. The maximum absolute atomic E-state index is 4.70. The Morgan fingerprint density at radius 2 is 1.83 bits per heavy atom. The first-order valence-electron chi connectivity index (χ1n) is 10.1. The Kier molecular flexibility index (Phi) is 4.37. The molecule has 0 aliphatic carbocycles. The van der Waals surface area contributed by atoms with Gasteiger partial charge < -0.3 is 5.32 Å². The van der Waals surface area contributed by atoms with Crippen LogP contribution in [0.15, 0.2) is 72.4 Å². The van der Waals surface area contributed by atoms with Crippen LogP contribution in [0.3, 0.4) is 0 Å². The molecule has 0 spiro atoms. The maximum Gasteiger partial charge on any atom is 0.217 e. The molecule has 0 saturated heterocycles. The van der Waals surface area contributed by atoms with E-state index in [1.54, 1.807) is 11.3 Å². The highest BCUT2D eigenvalue weighted by Crippen LogP contribution is 2.34. The lowest BCUT2D eigenvalue weighted by atomic mass is 9.82. The van der Waals surface area contributed by atoms with E-state index in [1.165, 1.54) is 32.3 Å². The van der Waals surface area contributed by atoms with Crippen LogP contribution in [-0.2, 0) is 5.41 Å². The third-order valence-electron chi connectivity index (χ3n) is 5.65. The van der Waals surface area contributed by atoms with Crippen molar-refractivity contribution in [3.8, 4) is 11.3 Å². The third-order valence-corrected chi connectivity index (χ3v) is 6.54. The number of aromatic nitrogens is 1. The van der Waals surface area contributed by atoms with E-state index in [1.807, 2.05) is 16.6 Å². The molecule has 0 atom stereocenters. The molecule has 0 saturated carbocycles. The summed E-state index contributed by atoms with van der Waals surface area (Å²) < 4.78 is 1.95. The zero-order valence-electron chi connectivity index (χ0n) is 17.5. The van der Waals surface area contributed by atoms with Gasteiger partial charge in [-0.2, -0.15) is 10.4 Å². The van der Waals surface area contributed by atoms with Crippen LogP contribution < -0.4 is 9.46 Å². The second kappa shape index (κ2) is 6.96. The Morgan fingerprint density at radius 1 is 1.00 bits per heavy atom. The number of hydrogen-bond acceptors (Lipinski definition) is 1. The minimum atomic E-state index is 0.0447. The van der Waals surface area contributed by atoms with Crippen LogP contribution in [0.4, 0.5) is 0 Å². The first kappa shape index (κ1) is 18.8. The van der Waals surface area contributed by atoms with Gasteiger partial charge in [-0.15, -0.1) is 17.0 Å². The Balaban J connectivity index is 1.78. The molecular formula is C27H24N2S. The predicted octanol–water partition coefficient (Wildman–Crippen LogP) is 6.31. The third kappa shape index (κ3) is 3.16. The van der Waals surface area contributed by atoms with Crippen LogP contribution in [0.1, 0.15) is 36.8 Å². The van der Waals surface area contributed by atoms with Gasteiger partial charge in [-0.3, -0.25) is 0 Å². The first-order valence-corrected chi connectivity index (χ1v) is 11.0. The number of pyridine rings is 1. The minimum absolute atomic E-state index is 0.0447. The molecule has 2 aromatic carbocycles. The van der Waals surface area contributed by atoms with E-state index in [0.29, 0.717) is 0 Å². The van der Waals surface area contributed by atoms with Gasteiger partial charge in [0.15, 0.2) is 6.20 Å². The summed E-state index contributed by atoms with van der Waals surface area (Å²) in [7, 11) is 0. The van der Waals surface area contributed by atoms with E-state index in [2.05, 4.69) is 93.5 Å². The standard InChI is InChI=1S/C27H24N2S/c1-27(2,3)23-16-20(15-18-7-5-6-8-21(18)23)24-17-19(10-13-29(24)4)26-22-11-14-30-25(22)9-12-28-26/h5-17H,4H2,1-3H3. The smallest absolute Gasteiger partial charge is 0.217 e. The molecule has 0 N–H and O–H groups in total. The van der Waals surface area contributed by atoms with Gasteiger partial charge in [-0.25, -0.2) is 0 Å². The van der Waals surface area contributed by atoms with Crippen molar-refractivity contribution >= 4 is 33.9 Å². The van der Waals surface area contributed by atoms with Crippen molar-refractivity contribution in [1.82, 2.24) is 0 Å². The van der Waals surface area contributed by atoms with Gasteiger partial charge in [-0.1, -0.05) is 51.1 Å². The topological polar surface area (TPSA) is 20.0 Å². The van der Waals surface area contributed by atoms with E-state index < -0.39 is 0 Å². The van der Waals surface area contributed by atoms with E-state index in [9.17, 15) is 0 Å². The van der Waals surface area contributed by atoms with Crippen LogP contribution in [0.5, 0.6) is 0 Å². The molecule has 3 heteroatoms. The van der Waals surface area contributed by atoms with Crippen molar-refractivity contribution in [2.45, 2.75) is 26.2 Å². The average Bonchev–Trinajstić information content (AvgIpc) is 3.22. The highest BCUT2D eigenvalue weighted by atomic mass is 32.1. The number of fused-ring (bicyclic) bond motifs is 2. The molecule has 0 bridgehead atoms. The van der Waals surface area contributed by atoms with Crippen molar-refractivity contribution in [3.63, 3.8) is 0 Å². The zero-order chi connectivity index (χ0) is 20.9. The lowest BCUT2D eigenvalue weighted by Crippen LogP contribution is -2.22. The van der Waals surface area contributed by atoms with E-state index >= 15 is 0 Å². The van der Waals surface area contributed by atoms with E-state index in [0.717, 1.165) is 16.6 Å².